The Hall–Kier alpha value is -1.90. The van der Waals surface area contributed by atoms with Crippen LogP contribution in [0.5, 0.6) is 0 Å². The van der Waals surface area contributed by atoms with Crippen molar-refractivity contribution in [3.63, 3.8) is 0 Å². The first-order valence-corrected chi connectivity index (χ1v) is 7.16. The van der Waals surface area contributed by atoms with E-state index in [0.29, 0.717) is 22.6 Å². The van der Waals surface area contributed by atoms with Gasteiger partial charge < -0.3 is 5.11 Å². The van der Waals surface area contributed by atoms with Crippen molar-refractivity contribution in [2.24, 2.45) is 0 Å². The largest absolute Gasteiger partial charge is 0.396 e. The lowest BCUT2D eigenvalue weighted by atomic mass is 9.98. The number of carbonyl (C=O) groups is 1. The Bertz CT molecular complexity index is 640. The molecule has 0 saturated heterocycles. The maximum absolute atomic E-state index is 12.5. The first-order chi connectivity index (χ1) is 10.1. The van der Waals surface area contributed by atoms with E-state index < -0.39 is 0 Å². The SMILES string of the molecule is Cc1ccc(C(=O)/C(=C\c2ccc(Cl)cc2)CCO)cc1. The third-order valence-corrected chi connectivity index (χ3v) is 3.45. The minimum atomic E-state index is -0.0585. The smallest absolute Gasteiger partial charge is 0.189 e. The van der Waals surface area contributed by atoms with Crippen molar-refractivity contribution in [1.29, 1.82) is 0 Å². The van der Waals surface area contributed by atoms with Crippen LogP contribution in [-0.2, 0) is 0 Å². The first kappa shape index (κ1) is 15.5. The molecule has 2 aromatic rings. The molecule has 1 N–H and O–H groups in total. The van der Waals surface area contributed by atoms with E-state index in [-0.39, 0.29) is 12.4 Å². The lowest BCUT2D eigenvalue weighted by Crippen LogP contribution is -2.05. The minimum Gasteiger partial charge on any atom is -0.396 e. The minimum absolute atomic E-state index is 0.0565. The van der Waals surface area contributed by atoms with Crippen molar-refractivity contribution in [1.82, 2.24) is 0 Å². The second kappa shape index (κ2) is 7.21. The summed E-state index contributed by atoms with van der Waals surface area (Å²) in [5.41, 5.74) is 3.22. The molecular weight excluding hydrogens is 284 g/mol. The van der Waals surface area contributed by atoms with E-state index in [0.717, 1.165) is 11.1 Å². The molecule has 2 aromatic carbocycles. The van der Waals surface area contributed by atoms with E-state index >= 15 is 0 Å². The van der Waals surface area contributed by atoms with Gasteiger partial charge in [-0.25, -0.2) is 0 Å². The van der Waals surface area contributed by atoms with Gasteiger partial charge in [0.15, 0.2) is 5.78 Å². The molecule has 0 aliphatic rings. The maximum Gasteiger partial charge on any atom is 0.189 e. The van der Waals surface area contributed by atoms with E-state index in [4.69, 9.17) is 11.6 Å². The zero-order valence-electron chi connectivity index (χ0n) is 11.8. The molecule has 0 bridgehead atoms. The third kappa shape index (κ3) is 4.28. The second-order valence-electron chi connectivity index (χ2n) is 4.89. The van der Waals surface area contributed by atoms with Gasteiger partial charge in [0.1, 0.15) is 0 Å². The van der Waals surface area contributed by atoms with Crippen molar-refractivity contribution in [3.8, 4) is 0 Å². The number of benzene rings is 2. The summed E-state index contributed by atoms with van der Waals surface area (Å²) in [5.74, 6) is -0.0565. The topological polar surface area (TPSA) is 37.3 Å². The summed E-state index contributed by atoms with van der Waals surface area (Å²) in [7, 11) is 0. The van der Waals surface area contributed by atoms with E-state index in [1.54, 1.807) is 18.2 Å². The summed E-state index contributed by atoms with van der Waals surface area (Å²) in [6, 6.07) is 14.7. The number of aliphatic hydroxyl groups is 1. The number of rotatable bonds is 5. The highest BCUT2D eigenvalue weighted by atomic mass is 35.5. The van der Waals surface area contributed by atoms with Gasteiger partial charge in [0.2, 0.25) is 0 Å². The molecule has 0 amide bonds. The molecule has 0 unspecified atom stereocenters. The number of halogens is 1. The Labute approximate surface area is 129 Å². The maximum atomic E-state index is 12.5. The Morgan fingerprint density at radius 1 is 1.10 bits per heavy atom. The molecule has 0 fully saturated rings. The summed E-state index contributed by atoms with van der Waals surface area (Å²) < 4.78 is 0. The van der Waals surface area contributed by atoms with E-state index in [2.05, 4.69) is 0 Å². The summed E-state index contributed by atoms with van der Waals surface area (Å²) in [5, 5.41) is 9.84. The predicted octanol–water partition coefficient (Wildman–Crippen LogP) is 4.30. The van der Waals surface area contributed by atoms with Crippen LogP contribution in [0, 0.1) is 6.92 Å². The van der Waals surface area contributed by atoms with Crippen LogP contribution in [0.1, 0.15) is 27.9 Å². The summed E-state index contributed by atoms with van der Waals surface area (Å²) in [6.07, 6.45) is 2.13. The van der Waals surface area contributed by atoms with Crippen LogP contribution in [0.15, 0.2) is 54.1 Å². The molecule has 3 heteroatoms. The average Bonchev–Trinajstić information content (AvgIpc) is 2.49. The molecule has 0 aliphatic carbocycles. The summed E-state index contributed by atoms with van der Waals surface area (Å²) >= 11 is 5.85. The van der Waals surface area contributed by atoms with Gasteiger partial charge in [-0.15, -0.1) is 0 Å². The number of carbonyl (C=O) groups excluding carboxylic acids is 1. The fourth-order valence-electron chi connectivity index (χ4n) is 2.02. The molecule has 0 saturated carbocycles. The Balaban J connectivity index is 2.31. The van der Waals surface area contributed by atoms with Crippen LogP contribution < -0.4 is 0 Å². The normalized spacial score (nSPS) is 11.5. The fourth-order valence-corrected chi connectivity index (χ4v) is 2.15. The van der Waals surface area contributed by atoms with Crippen LogP contribution in [0.3, 0.4) is 0 Å². The van der Waals surface area contributed by atoms with Gasteiger partial charge in [-0.2, -0.15) is 0 Å². The number of ketones is 1. The van der Waals surface area contributed by atoms with Gasteiger partial charge in [-0.3, -0.25) is 4.79 Å². The lowest BCUT2D eigenvalue weighted by molar-refractivity contribution is 0.102. The molecule has 0 aliphatic heterocycles. The van der Waals surface area contributed by atoms with Crippen molar-refractivity contribution in [2.45, 2.75) is 13.3 Å². The number of hydrogen-bond acceptors (Lipinski definition) is 2. The Morgan fingerprint density at radius 3 is 2.29 bits per heavy atom. The molecule has 2 rings (SSSR count). The quantitative estimate of drug-likeness (QED) is 0.660. The molecule has 0 spiro atoms. The highest BCUT2D eigenvalue weighted by Crippen LogP contribution is 2.18. The van der Waals surface area contributed by atoms with Crippen molar-refractivity contribution >= 4 is 23.5 Å². The molecule has 0 radical (unpaired) electrons. The van der Waals surface area contributed by atoms with E-state index in [1.165, 1.54) is 0 Å². The van der Waals surface area contributed by atoms with Crippen LogP contribution in [0.25, 0.3) is 6.08 Å². The van der Waals surface area contributed by atoms with Gasteiger partial charge in [0.25, 0.3) is 0 Å². The third-order valence-electron chi connectivity index (χ3n) is 3.20. The summed E-state index contributed by atoms with van der Waals surface area (Å²) in [6.45, 7) is 1.92. The van der Waals surface area contributed by atoms with Crippen molar-refractivity contribution < 1.29 is 9.90 Å². The van der Waals surface area contributed by atoms with Gasteiger partial charge >= 0.3 is 0 Å². The fraction of sp³-hybridized carbons (Fsp3) is 0.167. The molecule has 21 heavy (non-hydrogen) atoms. The van der Waals surface area contributed by atoms with Crippen LogP contribution >= 0.6 is 11.6 Å². The highest BCUT2D eigenvalue weighted by molar-refractivity contribution is 6.30. The van der Waals surface area contributed by atoms with E-state index in [1.807, 2.05) is 43.3 Å². The van der Waals surface area contributed by atoms with Crippen LogP contribution in [0.4, 0.5) is 0 Å². The van der Waals surface area contributed by atoms with Gasteiger partial charge in [0.05, 0.1) is 0 Å². The molecule has 108 valence electrons. The first-order valence-electron chi connectivity index (χ1n) is 6.78. The zero-order valence-corrected chi connectivity index (χ0v) is 12.6. The van der Waals surface area contributed by atoms with Crippen LogP contribution in [0.2, 0.25) is 5.02 Å². The highest BCUT2D eigenvalue weighted by Gasteiger charge is 2.11. The number of aryl methyl sites for hydroxylation is 1. The molecule has 0 aromatic heterocycles. The van der Waals surface area contributed by atoms with Crippen LogP contribution in [-0.4, -0.2) is 17.5 Å². The predicted molar refractivity (Wildman–Crippen MR) is 86.6 cm³/mol. The van der Waals surface area contributed by atoms with Crippen molar-refractivity contribution in [2.75, 3.05) is 6.61 Å². The molecular formula is C18H17ClO2. The summed E-state index contributed by atoms with van der Waals surface area (Å²) in [4.78, 5) is 12.5. The second-order valence-corrected chi connectivity index (χ2v) is 5.33. The Kier molecular flexibility index (Phi) is 5.32. The monoisotopic (exact) mass is 300 g/mol. The van der Waals surface area contributed by atoms with Crippen molar-refractivity contribution in [3.05, 3.63) is 75.8 Å². The number of Topliss-reactive ketones (excluding diaryl/α,β-unsaturated/α-hetero) is 1. The molecule has 0 heterocycles. The average molecular weight is 301 g/mol. The lowest BCUT2D eigenvalue weighted by Gasteiger charge is -2.06. The van der Waals surface area contributed by atoms with E-state index in [9.17, 15) is 9.90 Å². The zero-order chi connectivity index (χ0) is 15.2. The standard InChI is InChI=1S/C18H17ClO2/c1-13-2-6-15(7-3-13)18(21)16(10-11-20)12-14-4-8-17(19)9-5-14/h2-9,12,20H,10-11H2,1H3/b16-12-. The molecule has 2 nitrogen and oxygen atoms in total. The van der Waals surface area contributed by atoms with Gasteiger partial charge in [-0.1, -0.05) is 53.6 Å². The van der Waals surface area contributed by atoms with Gasteiger partial charge in [-0.05, 0) is 37.1 Å². The number of aliphatic hydroxyl groups excluding tert-OH is 1. The Morgan fingerprint density at radius 2 is 1.71 bits per heavy atom. The molecule has 0 atom stereocenters. The number of hydrogen-bond donors (Lipinski definition) is 1. The van der Waals surface area contributed by atoms with Gasteiger partial charge in [0, 0.05) is 22.8 Å².